The minimum atomic E-state index is -0.522. The van der Waals surface area contributed by atoms with Gasteiger partial charge in [-0.05, 0) is 32.0 Å². The van der Waals surface area contributed by atoms with Gasteiger partial charge in [-0.15, -0.1) is 0 Å². The number of phenols is 1. The van der Waals surface area contributed by atoms with E-state index in [1.165, 1.54) is 6.07 Å². The second kappa shape index (κ2) is 4.94. The molecular weight excluding hydrogens is 235 g/mol. The fourth-order valence-corrected chi connectivity index (χ4v) is 2.35. The van der Waals surface area contributed by atoms with Crippen LogP contribution in [0.1, 0.15) is 24.2 Å². The molecule has 2 N–H and O–H groups in total. The van der Waals surface area contributed by atoms with E-state index < -0.39 is 5.82 Å². The normalized spacial score (nSPS) is 24.1. The van der Waals surface area contributed by atoms with Gasteiger partial charge in [-0.25, -0.2) is 4.39 Å². The molecule has 0 aliphatic carbocycles. The van der Waals surface area contributed by atoms with Gasteiger partial charge in [0.15, 0.2) is 0 Å². The molecule has 1 aromatic rings. The molecule has 2 rings (SSSR count). The number of hydrogen-bond donors (Lipinski definition) is 2. The first-order valence-electron chi connectivity index (χ1n) is 6.02. The number of amides is 1. The molecule has 0 bridgehead atoms. The molecule has 1 heterocycles. The van der Waals surface area contributed by atoms with Crippen LogP contribution >= 0.6 is 0 Å². The average Bonchev–Trinajstić information content (AvgIpc) is 2.32. The number of halogens is 1. The topological polar surface area (TPSA) is 52.6 Å². The van der Waals surface area contributed by atoms with Crippen molar-refractivity contribution in [1.29, 1.82) is 0 Å². The highest BCUT2D eigenvalue weighted by molar-refractivity contribution is 5.97. The number of phenolic OH excluding ortho intramolecular Hbond substituents is 1. The van der Waals surface area contributed by atoms with Crippen LogP contribution in [0.4, 0.5) is 4.39 Å². The summed E-state index contributed by atoms with van der Waals surface area (Å²) < 4.78 is 13.2. The lowest BCUT2D eigenvalue weighted by atomic mass is 10.1. The molecule has 18 heavy (non-hydrogen) atoms. The van der Waals surface area contributed by atoms with E-state index >= 15 is 0 Å². The molecule has 0 saturated carbocycles. The highest BCUT2D eigenvalue weighted by Crippen LogP contribution is 2.22. The fourth-order valence-electron chi connectivity index (χ4n) is 2.35. The van der Waals surface area contributed by atoms with Gasteiger partial charge < -0.3 is 15.3 Å². The monoisotopic (exact) mass is 252 g/mol. The molecule has 0 aromatic heterocycles. The number of aromatic hydroxyl groups is 1. The third-order valence-electron chi connectivity index (χ3n) is 3.25. The summed E-state index contributed by atoms with van der Waals surface area (Å²) in [5.41, 5.74) is 0.0237. The van der Waals surface area contributed by atoms with Crippen LogP contribution in [0.5, 0.6) is 5.75 Å². The Labute approximate surface area is 105 Å². The number of hydrogen-bond acceptors (Lipinski definition) is 3. The summed E-state index contributed by atoms with van der Waals surface area (Å²) in [5.74, 6) is -1.03. The number of rotatable bonds is 1. The van der Waals surface area contributed by atoms with Crippen LogP contribution in [0.2, 0.25) is 0 Å². The average molecular weight is 252 g/mol. The molecule has 1 amide bonds. The van der Waals surface area contributed by atoms with Gasteiger partial charge in [-0.3, -0.25) is 4.79 Å². The van der Waals surface area contributed by atoms with E-state index in [4.69, 9.17) is 0 Å². The van der Waals surface area contributed by atoms with Gasteiger partial charge in [0.1, 0.15) is 11.6 Å². The van der Waals surface area contributed by atoms with Gasteiger partial charge in [0.2, 0.25) is 0 Å². The molecule has 5 heteroatoms. The van der Waals surface area contributed by atoms with Gasteiger partial charge >= 0.3 is 0 Å². The van der Waals surface area contributed by atoms with Crippen molar-refractivity contribution in [1.82, 2.24) is 10.2 Å². The fraction of sp³-hybridized carbons (Fsp3) is 0.462. The maximum Gasteiger partial charge on any atom is 0.258 e. The van der Waals surface area contributed by atoms with Gasteiger partial charge in [0.05, 0.1) is 5.56 Å². The summed E-state index contributed by atoms with van der Waals surface area (Å²) in [6.07, 6.45) is 0. The molecule has 4 nitrogen and oxygen atoms in total. The lowest BCUT2D eigenvalue weighted by Gasteiger charge is -2.39. The maximum absolute atomic E-state index is 13.2. The largest absolute Gasteiger partial charge is 0.507 e. The summed E-state index contributed by atoms with van der Waals surface area (Å²) in [5, 5.41) is 12.9. The summed E-state index contributed by atoms with van der Waals surface area (Å²) >= 11 is 0. The van der Waals surface area contributed by atoms with Crippen LogP contribution in [-0.4, -0.2) is 41.1 Å². The molecule has 2 atom stereocenters. The molecule has 1 fully saturated rings. The first-order valence-corrected chi connectivity index (χ1v) is 6.02. The second-order valence-corrected chi connectivity index (χ2v) is 4.73. The van der Waals surface area contributed by atoms with Crippen LogP contribution in [0.15, 0.2) is 18.2 Å². The Kier molecular flexibility index (Phi) is 3.52. The van der Waals surface area contributed by atoms with Crippen molar-refractivity contribution >= 4 is 5.91 Å². The van der Waals surface area contributed by atoms with E-state index in [-0.39, 0.29) is 29.3 Å². The Hall–Kier alpha value is -1.62. The van der Waals surface area contributed by atoms with E-state index in [0.717, 1.165) is 12.1 Å². The molecule has 1 aliphatic heterocycles. The van der Waals surface area contributed by atoms with E-state index in [2.05, 4.69) is 5.32 Å². The zero-order valence-corrected chi connectivity index (χ0v) is 10.5. The summed E-state index contributed by atoms with van der Waals surface area (Å²) in [4.78, 5) is 14.1. The summed E-state index contributed by atoms with van der Waals surface area (Å²) in [6.45, 7) is 5.26. The van der Waals surface area contributed by atoms with Gasteiger partial charge in [-0.1, -0.05) is 0 Å². The highest BCUT2D eigenvalue weighted by atomic mass is 19.1. The van der Waals surface area contributed by atoms with Gasteiger partial charge in [0, 0.05) is 25.2 Å². The Balaban J connectivity index is 2.32. The highest BCUT2D eigenvalue weighted by Gasteiger charge is 2.30. The molecule has 1 aromatic carbocycles. The molecule has 0 spiro atoms. The van der Waals surface area contributed by atoms with Crippen molar-refractivity contribution < 1.29 is 14.3 Å². The summed E-state index contributed by atoms with van der Waals surface area (Å²) in [6, 6.07) is 3.46. The number of carbonyl (C=O) groups is 1. The van der Waals surface area contributed by atoms with E-state index in [9.17, 15) is 14.3 Å². The van der Waals surface area contributed by atoms with Crippen molar-refractivity contribution in [3.63, 3.8) is 0 Å². The molecule has 1 saturated heterocycles. The molecule has 0 radical (unpaired) electrons. The first-order chi connectivity index (χ1) is 8.50. The second-order valence-electron chi connectivity index (χ2n) is 4.73. The minimum Gasteiger partial charge on any atom is -0.507 e. The van der Waals surface area contributed by atoms with E-state index in [1.54, 1.807) is 4.90 Å². The van der Waals surface area contributed by atoms with Crippen molar-refractivity contribution in [3.8, 4) is 5.75 Å². The molecule has 2 unspecified atom stereocenters. The van der Waals surface area contributed by atoms with Gasteiger partial charge in [0.25, 0.3) is 5.91 Å². The van der Waals surface area contributed by atoms with Gasteiger partial charge in [-0.2, -0.15) is 0 Å². The maximum atomic E-state index is 13.2. The Bertz CT molecular complexity index is 454. The SMILES string of the molecule is CC1CNCC(C)N1C(=O)c1cc(F)ccc1O. The Morgan fingerprint density at radius 2 is 2.00 bits per heavy atom. The van der Waals surface area contributed by atoms with Crippen LogP contribution in [0, 0.1) is 5.82 Å². The standard InChI is InChI=1S/C13H17FN2O2/c1-8-6-15-7-9(2)16(8)13(18)11-5-10(14)3-4-12(11)17/h3-5,8-9,15,17H,6-7H2,1-2H3. The zero-order chi connectivity index (χ0) is 13.3. The lowest BCUT2D eigenvalue weighted by molar-refractivity contribution is 0.0541. The molecular formula is C13H17FN2O2. The number of carbonyl (C=O) groups excluding carboxylic acids is 1. The Morgan fingerprint density at radius 3 is 2.61 bits per heavy atom. The van der Waals surface area contributed by atoms with Crippen LogP contribution in [-0.2, 0) is 0 Å². The van der Waals surface area contributed by atoms with E-state index in [0.29, 0.717) is 13.1 Å². The first kappa shape index (κ1) is 12.8. The van der Waals surface area contributed by atoms with Crippen molar-refractivity contribution in [2.45, 2.75) is 25.9 Å². The van der Waals surface area contributed by atoms with Crippen molar-refractivity contribution in [2.75, 3.05) is 13.1 Å². The van der Waals surface area contributed by atoms with Crippen LogP contribution in [0.3, 0.4) is 0 Å². The number of piperazine rings is 1. The Morgan fingerprint density at radius 1 is 1.39 bits per heavy atom. The molecule has 98 valence electrons. The number of benzene rings is 1. The van der Waals surface area contributed by atoms with Crippen molar-refractivity contribution in [2.24, 2.45) is 0 Å². The minimum absolute atomic E-state index is 0.0175. The predicted octanol–water partition coefficient (Wildman–Crippen LogP) is 1.35. The number of nitrogens with one attached hydrogen (secondary N) is 1. The number of nitrogens with zero attached hydrogens (tertiary/aromatic N) is 1. The third-order valence-corrected chi connectivity index (χ3v) is 3.25. The lowest BCUT2D eigenvalue weighted by Crippen LogP contribution is -2.57. The van der Waals surface area contributed by atoms with E-state index in [1.807, 2.05) is 13.8 Å². The predicted molar refractivity (Wildman–Crippen MR) is 66.0 cm³/mol. The van der Waals surface area contributed by atoms with Crippen LogP contribution in [0.25, 0.3) is 0 Å². The quantitative estimate of drug-likeness (QED) is 0.793. The smallest absolute Gasteiger partial charge is 0.258 e. The zero-order valence-electron chi connectivity index (χ0n) is 10.5. The summed E-state index contributed by atoms with van der Waals surface area (Å²) in [7, 11) is 0. The van der Waals surface area contributed by atoms with Crippen molar-refractivity contribution in [3.05, 3.63) is 29.6 Å². The molecule has 1 aliphatic rings. The van der Waals surface area contributed by atoms with Crippen LogP contribution < -0.4 is 5.32 Å². The third kappa shape index (κ3) is 2.31.